The lowest BCUT2D eigenvalue weighted by Crippen LogP contribution is -2.21. The molecule has 0 atom stereocenters. The van der Waals surface area contributed by atoms with Crippen molar-refractivity contribution in [3.63, 3.8) is 0 Å². The van der Waals surface area contributed by atoms with Crippen LogP contribution in [0.4, 0.5) is 4.39 Å². The van der Waals surface area contributed by atoms with Gasteiger partial charge in [-0.25, -0.2) is 9.37 Å². The molecule has 3 rings (SSSR count). The summed E-state index contributed by atoms with van der Waals surface area (Å²) in [4.78, 5) is 16.6. The molecule has 0 bridgehead atoms. The van der Waals surface area contributed by atoms with Crippen LogP contribution in [0.5, 0.6) is 0 Å². The van der Waals surface area contributed by atoms with Crippen molar-refractivity contribution in [2.24, 2.45) is 0 Å². The highest BCUT2D eigenvalue weighted by Gasteiger charge is 2.10. The average molecular weight is 323 g/mol. The Labute approximate surface area is 129 Å². The summed E-state index contributed by atoms with van der Waals surface area (Å²) in [6.45, 7) is 0.0958. The zero-order valence-electron chi connectivity index (χ0n) is 10.7. The van der Waals surface area contributed by atoms with Crippen LogP contribution in [0.25, 0.3) is 10.9 Å². The molecule has 0 saturated heterocycles. The molecule has 21 heavy (non-hydrogen) atoms. The molecule has 1 heterocycles. The number of hydrogen-bond donors (Lipinski definition) is 0. The summed E-state index contributed by atoms with van der Waals surface area (Å²) >= 11 is 11.9. The molecule has 6 heteroatoms. The van der Waals surface area contributed by atoms with Crippen molar-refractivity contribution < 1.29 is 4.39 Å². The van der Waals surface area contributed by atoms with Crippen molar-refractivity contribution in [3.05, 3.63) is 74.5 Å². The minimum Gasteiger partial charge on any atom is -0.294 e. The number of fused-ring (bicyclic) bond motifs is 1. The Hall–Kier alpha value is -1.91. The van der Waals surface area contributed by atoms with Gasteiger partial charge in [0.15, 0.2) is 0 Å². The highest BCUT2D eigenvalue weighted by Crippen LogP contribution is 2.24. The molecule has 0 radical (unpaired) electrons. The first-order valence-electron chi connectivity index (χ1n) is 6.14. The van der Waals surface area contributed by atoms with E-state index in [-0.39, 0.29) is 17.9 Å². The smallest absolute Gasteiger partial charge is 0.261 e. The number of aromatic nitrogens is 2. The van der Waals surface area contributed by atoms with Gasteiger partial charge in [0.1, 0.15) is 5.82 Å². The second-order valence-electron chi connectivity index (χ2n) is 4.55. The van der Waals surface area contributed by atoms with Gasteiger partial charge in [0.25, 0.3) is 5.56 Å². The predicted octanol–water partition coefficient (Wildman–Crippen LogP) is 3.89. The maximum absolute atomic E-state index is 13.7. The van der Waals surface area contributed by atoms with E-state index in [9.17, 15) is 9.18 Å². The molecule has 0 saturated carbocycles. The van der Waals surface area contributed by atoms with E-state index in [0.29, 0.717) is 26.5 Å². The molecule has 0 aliphatic rings. The van der Waals surface area contributed by atoms with Crippen molar-refractivity contribution in [3.8, 4) is 0 Å². The molecular formula is C15H9Cl2FN2O. The molecular weight excluding hydrogens is 314 g/mol. The first-order chi connectivity index (χ1) is 10.1. The Bertz CT molecular complexity index is 892. The highest BCUT2D eigenvalue weighted by atomic mass is 35.5. The van der Waals surface area contributed by atoms with Crippen LogP contribution < -0.4 is 5.56 Å². The monoisotopic (exact) mass is 322 g/mol. The molecule has 0 aliphatic heterocycles. The Morgan fingerprint density at radius 1 is 1.19 bits per heavy atom. The van der Waals surface area contributed by atoms with Crippen molar-refractivity contribution in [1.29, 1.82) is 0 Å². The standard InChI is InChI=1S/C15H9Cl2FN2O/c16-10-5-11-14(12(17)6-10)19-8-20(15(11)21)7-9-3-1-2-4-13(9)18/h1-6,8H,7H2. The molecule has 3 nitrogen and oxygen atoms in total. The molecule has 0 fully saturated rings. The molecule has 2 aromatic carbocycles. The van der Waals surface area contributed by atoms with Gasteiger partial charge in [0.2, 0.25) is 0 Å². The maximum atomic E-state index is 13.7. The fraction of sp³-hybridized carbons (Fsp3) is 0.0667. The third kappa shape index (κ3) is 2.64. The van der Waals surface area contributed by atoms with Gasteiger partial charge in [0.05, 0.1) is 28.8 Å². The van der Waals surface area contributed by atoms with E-state index < -0.39 is 0 Å². The van der Waals surface area contributed by atoms with E-state index >= 15 is 0 Å². The van der Waals surface area contributed by atoms with Gasteiger partial charge >= 0.3 is 0 Å². The van der Waals surface area contributed by atoms with Crippen molar-refractivity contribution in [2.75, 3.05) is 0 Å². The van der Waals surface area contributed by atoms with Gasteiger partial charge < -0.3 is 0 Å². The molecule has 1 aromatic heterocycles. The summed E-state index contributed by atoms with van der Waals surface area (Å²) in [5.41, 5.74) is 0.484. The number of nitrogens with zero attached hydrogens (tertiary/aromatic N) is 2. The van der Waals surface area contributed by atoms with E-state index in [0.717, 1.165) is 0 Å². The van der Waals surface area contributed by atoms with E-state index in [2.05, 4.69) is 4.98 Å². The maximum Gasteiger partial charge on any atom is 0.261 e. The number of rotatable bonds is 2. The summed E-state index contributed by atoms with van der Waals surface area (Å²) in [5, 5.41) is 0.981. The summed E-state index contributed by atoms with van der Waals surface area (Å²) in [6, 6.07) is 9.32. The van der Waals surface area contributed by atoms with Crippen molar-refractivity contribution >= 4 is 34.1 Å². The van der Waals surface area contributed by atoms with Crippen LogP contribution in [0.3, 0.4) is 0 Å². The van der Waals surface area contributed by atoms with Crippen LogP contribution >= 0.6 is 23.2 Å². The first kappa shape index (κ1) is 14.0. The summed E-state index contributed by atoms with van der Waals surface area (Å²) in [6.07, 6.45) is 1.36. The molecule has 0 aliphatic carbocycles. The normalized spacial score (nSPS) is 11.0. The highest BCUT2D eigenvalue weighted by molar-refractivity contribution is 6.38. The zero-order valence-corrected chi connectivity index (χ0v) is 12.2. The zero-order chi connectivity index (χ0) is 15.0. The second kappa shape index (κ2) is 5.47. The number of hydrogen-bond acceptors (Lipinski definition) is 2. The van der Waals surface area contributed by atoms with E-state index in [4.69, 9.17) is 23.2 Å². The SMILES string of the molecule is O=c1c2cc(Cl)cc(Cl)c2ncn1Cc1ccccc1F. The average Bonchev–Trinajstić information content (AvgIpc) is 2.44. The summed E-state index contributed by atoms with van der Waals surface area (Å²) in [5.74, 6) is -0.367. The van der Waals surface area contributed by atoms with Gasteiger partial charge in [-0.1, -0.05) is 41.4 Å². The lowest BCUT2D eigenvalue weighted by atomic mass is 10.2. The topological polar surface area (TPSA) is 34.9 Å². The number of benzene rings is 2. The van der Waals surface area contributed by atoms with Gasteiger partial charge in [0, 0.05) is 10.6 Å². The van der Waals surface area contributed by atoms with E-state index in [1.165, 1.54) is 29.1 Å². The van der Waals surface area contributed by atoms with Crippen LogP contribution in [0.15, 0.2) is 47.5 Å². The van der Waals surface area contributed by atoms with Gasteiger partial charge in [-0.3, -0.25) is 9.36 Å². The fourth-order valence-corrected chi connectivity index (χ4v) is 2.66. The summed E-state index contributed by atoms with van der Waals surface area (Å²) in [7, 11) is 0. The molecule has 106 valence electrons. The quantitative estimate of drug-likeness (QED) is 0.717. The molecule has 0 N–H and O–H groups in total. The van der Waals surface area contributed by atoms with Crippen LogP contribution in [0.2, 0.25) is 10.0 Å². The predicted molar refractivity (Wildman–Crippen MR) is 81.5 cm³/mol. The van der Waals surface area contributed by atoms with Gasteiger partial charge in [-0.15, -0.1) is 0 Å². The minimum atomic E-state index is -0.367. The largest absolute Gasteiger partial charge is 0.294 e. The van der Waals surface area contributed by atoms with Crippen LogP contribution in [-0.4, -0.2) is 9.55 Å². The Balaban J connectivity index is 2.15. The van der Waals surface area contributed by atoms with E-state index in [1.54, 1.807) is 18.2 Å². The Morgan fingerprint density at radius 3 is 2.71 bits per heavy atom. The summed E-state index contributed by atoms with van der Waals surface area (Å²) < 4.78 is 15.0. The lowest BCUT2D eigenvalue weighted by molar-refractivity contribution is 0.595. The van der Waals surface area contributed by atoms with Crippen LogP contribution in [0.1, 0.15) is 5.56 Å². The molecule has 0 unspecified atom stereocenters. The minimum absolute atomic E-state index is 0.0958. The third-order valence-electron chi connectivity index (χ3n) is 3.14. The molecule has 0 spiro atoms. The van der Waals surface area contributed by atoms with E-state index in [1.807, 2.05) is 0 Å². The van der Waals surface area contributed by atoms with Gasteiger partial charge in [-0.2, -0.15) is 0 Å². The van der Waals surface area contributed by atoms with Crippen LogP contribution in [-0.2, 0) is 6.54 Å². The fourth-order valence-electron chi connectivity index (χ4n) is 2.12. The Kier molecular flexibility index (Phi) is 3.66. The van der Waals surface area contributed by atoms with Crippen molar-refractivity contribution in [2.45, 2.75) is 6.54 Å². The first-order valence-corrected chi connectivity index (χ1v) is 6.89. The molecule has 0 amide bonds. The number of halogens is 3. The van der Waals surface area contributed by atoms with Gasteiger partial charge in [-0.05, 0) is 18.2 Å². The Morgan fingerprint density at radius 2 is 1.95 bits per heavy atom. The van der Waals surface area contributed by atoms with Crippen LogP contribution in [0, 0.1) is 5.82 Å². The third-order valence-corrected chi connectivity index (χ3v) is 3.65. The van der Waals surface area contributed by atoms with Crippen molar-refractivity contribution in [1.82, 2.24) is 9.55 Å². The lowest BCUT2D eigenvalue weighted by Gasteiger charge is -2.08. The molecule has 3 aromatic rings. The second-order valence-corrected chi connectivity index (χ2v) is 5.40.